The predicted molar refractivity (Wildman–Crippen MR) is 198 cm³/mol. The van der Waals surface area contributed by atoms with Crippen LogP contribution in [0.1, 0.15) is 64.5 Å². The second-order valence-electron chi connectivity index (χ2n) is 13.3. The molecule has 3 aromatic carbocycles. The molecule has 6 N–H and O–H groups in total. The van der Waals surface area contributed by atoms with Crippen LogP contribution < -0.4 is 21.3 Å². The molecule has 3 rings (SSSR count). The highest BCUT2D eigenvalue weighted by atomic mass is 16.5. The Kier molecular flexibility index (Phi) is 16.3. The number of nitrogens with one attached hydrogen (secondary N) is 4. The molecule has 4 atom stereocenters. The average Bonchev–Trinajstić information content (AvgIpc) is 3.13. The van der Waals surface area contributed by atoms with Crippen molar-refractivity contribution in [3.8, 4) is 11.1 Å². The van der Waals surface area contributed by atoms with E-state index in [1.165, 1.54) is 6.92 Å². The van der Waals surface area contributed by atoms with Gasteiger partial charge in [-0.05, 0) is 41.5 Å². The van der Waals surface area contributed by atoms with Gasteiger partial charge in [-0.2, -0.15) is 0 Å². The zero-order valence-electron chi connectivity index (χ0n) is 30.4. The Morgan fingerprint density at radius 3 is 2.08 bits per heavy atom. The second kappa shape index (κ2) is 20.6. The summed E-state index contributed by atoms with van der Waals surface area (Å²) >= 11 is 0. The van der Waals surface area contributed by atoms with Crippen LogP contribution in [0.25, 0.3) is 11.1 Å². The van der Waals surface area contributed by atoms with Gasteiger partial charge in [0.25, 0.3) is 0 Å². The van der Waals surface area contributed by atoms with E-state index in [2.05, 4.69) is 21.3 Å². The lowest BCUT2D eigenvalue weighted by molar-refractivity contribution is -0.146. The molecular weight excluding hydrogens is 664 g/mol. The van der Waals surface area contributed by atoms with Gasteiger partial charge < -0.3 is 36.2 Å². The van der Waals surface area contributed by atoms with Crippen LogP contribution >= 0.6 is 0 Å². The minimum Gasteiger partial charge on any atom is -0.480 e. The summed E-state index contributed by atoms with van der Waals surface area (Å²) in [4.78, 5) is 66.3. The van der Waals surface area contributed by atoms with Crippen LogP contribution in [0.15, 0.2) is 84.9 Å². The topological polar surface area (TPSA) is 183 Å². The van der Waals surface area contributed by atoms with Crippen LogP contribution in [0.2, 0.25) is 0 Å². The maximum Gasteiger partial charge on any atom is 0.408 e. The third-order valence-corrected chi connectivity index (χ3v) is 8.95. The lowest BCUT2D eigenvalue weighted by atomic mass is 9.76. The van der Waals surface area contributed by atoms with E-state index in [-0.39, 0.29) is 26.0 Å². The fourth-order valence-electron chi connectivity index (χ4n) is 5.90. The van der Waals surface area contributed by atoms with Crippen molar-refractivity contribution < 1.29 is 38.9 Å². The molecular formula is C40H52N4O8. The summed E-state index contributed by atoms with van der Waals surface area (Å²) in [6.07, 6.45) is 1.31. The predicted octanol–water partition coefficient (Wildman–Crippen LogP) is 4.60. The van der Waals surface area contributed by atoms with Gasteiger partial charge in [-0.25, -0.2) is 9.59 Å². The first-order valence-electron chi connectivity index (χ1n) is 17.8. The number of benzene rings is 3. The van der Waals surface area contributed by atoms with Crippen LogP contribution in [0.3, 0.4) is 0 Å². The number of carboxylic acid groups (broad SMARTS) is 1. The molecule has 0 aromatic heterocycles. The molecule has 4 amide bonds. The SMILES string of the molecule is CCCCCC(=O)N[C@@](Cc1ccccc1-c1ccccc1)(C(=O)NC(C(=O)O)C(C)C)C(CO)CNC(=O)[C@H](C)NC(=O)OCc1ccccc1. The maximum absolute atomic E-state index is 14.6. The van der Waals surface area contributed by atoms with Gasteiger partial charge >= 0.3 is 12.1 Å². The summed E-state index contributed by atoms with van der Waals surface area (Å²) in [7, 11) is 0. The monoisotopic (exact) mass is 716 g/mol. The third-order valence-electron chi connectivity index (χ3n) is 8.95. The molecule has 12 heteroatoms. The number of hydrogen-bond donors (Lipinski definition) is 6. The van der Waals surface area contributed by atoms with E-state index >= 15 is 0 Å². The Hall–Kier alpha value is -5.23. The second-order valence-corrected chi connectivity index (χ2v) is 13.3. The molecule has 0 bridgehead atoms. The van der Waals surface area contributed by atoms with Crippen molar-refractivity contribution in [2.45, 2.75) is 84.0 Å². The van der Waals surface area contributed by atoms with Crippen LogP contribution in [0.4, 0.5) is 4.79 Å². The minimum atomic E-state index is -1.93. The van der Waals surface area contributed by atoms with E-state index < -0.39 is 65.8 Å². The van der Waals surface area contributed by atoms with E-state index in [9.17, 15) is 34.2 Å². The fourth-order valence-corrected chi connectivity index (χ4v) is 5.90. The first-order valence-corrected chi connectivity index (χ1v) is 17.8. The number of ether oxygens (including phenoxy) is 1. The molecule has 280 valence electrons. The number of unbranched alkanes of at least 4 members (excludes halogenated alkanes) is 2. The number of aliphatic hydroxyl groups excluding tert-OH is 1. The Balaban J connectivity index is 1.99. The highest BCUT2D eigenvalue weighted by Gasteiger charge is 2.48. The van der Waals surface area contributed by atoms with Crippen molar-refractivity contribution >= 4 is 29.8 Å². The Morgan fingerprint density at radius 1 is 0.827 bits per heavy atom. The Labute approximate surface area is 305 Å². The molecule has 0 saturated carbocycles. The summed E-state index contributed by atoms with van der Waals surface area (Å²) < 4.78 is 5.24. The molecule has 0 aliphatic rings. The van der Waals surface area contributed by atoms with Gasteiger partial charge in [0.1, 0.15) is 24.2 Å². The number of carbonyl (C=O) groups is 5. The van der Waals surface area contributed by atoms with E-state index in [4.69, 9.17) is 4.74 Å². The van der Waals surface area contributed by atoms with Gasteiger partial charge in [-0.15, -0.1) is 0 Å². The summed E-state index contributed by atoms with van der Waals surface area (Å²) in [5.41, 5.74) is 1.11. The third kappa shape index (κ3) is 11.9. The highest BCUT2D eigenvalue weighted by molar-refractivity contribution is 5.95. The molecule has 0 spiro atoms. The van der Waals surface area contributed by atoms with E-state index in [1.54, 1.807) is 32.0 Å². The molecule has 12 nitrogen and oxygen atoms in total. The molecule has 0 radical (unpaired) electrons. The fraction of sp³-hybridized carbons (Fsp3) is 0.425. The Morgan fingerprint density at radius 2 is 1.46 bits per heavy atom. The van der Waals surface area contributed by atoms with Crippen molar-refractivity contribution in [1.29, 1.82) is 0 Å². The molecule has 0 aliphatic heterocycles. The van der Waals surface area contributed by atoms with Crippen molar-refractivity contribution in [3.05, 3.63) is 96.1 Å². The van der Waals surface area contributed by atoms with Gasteiger partial charge in [-0.3, -0.25) is 14.4 Å². The first kappa shape index (κ1) is 41.2. The average molecular weight is 717 g/mol. The molecule has 3 aromatic rings. The van der Waals surface area contributed by atoms with Gasteiger partial charge in [0.05, 0.1) is 6.61 Å². The lowest BCUT2D eigenvalue weighted by Gasteiger charge is -2.41. The van der Waals surface area contributed by atoms with E-state index in [0.717, 1.165) is 29.5 Å². The van der Waals surface area contributed by atoms with Crippen molar-refractivity contribution in [3.63, 3.8) is 0 Å². The van der Waals surface area contributed by atoms with E-state index in [0.29, 0.717) is 12.0 Å². The van der Waals surface area contributed by atoms with Crippen molar-refractivity contribution in [1.82, 2.24) is 21.3 Å². The largest absolute Gasteiger partial charge is 0.480 e. The number of hydrogen-bond acceptors (Lipinski definition) is 7. The van der Waals surface area contributed by atoms with Crippen LogP contribution in [0.5, 0.6) is 0 Å². The van der Waals surface area contributed by atoms with Gasteiger partial charge in [0.2, 0.25) is 17.7 Å². The number of carbonyl (C=O) groups excluding carboxylic acids is 4. The molecule has 0 aliphatic carbocycles. The van der Waals surface area contributed by atoms with Crippen LogP contribution in [-0.2, 0) is 36.9 Å². The summed E-state index contributed by atoms with van der Waals surface area (Å²) in [6.45, 7) is 5.78. The molecule has 0 saturated heterocycles. The lowest BCUT2D eigenvalue weighted by Crippen LogP contribution is -2.68. The van der Waals surface area contributed by atoms with E-state index in [1.807, 2.05) is 73.7 Å². The zero-order valence-corrected chi connectivity index (χ0v) is 30.4. The summed E-state index contributed by atoms with van der Waals surface area (Å²) in [5, 5.41) is 31.7. The highest BCUT2D eigenvalue weighted by Crippen LogP contribution is 2.31. The summed E-state index contributed by atoms with van der Waals surface area (Å²) in [6, 6.07) is 23.4. The normalized spacial score (nSPS) is 13.9. The molecule has 2 unspecified atom stereocenters. The maximum atomic E-state index is 14.6. The first-order chi connectivity index (χ1) is 24.9. The van der Waals surface area contributed by atoms with Gasteiger partial charge in [0.15, 0.2) is 0 Å². The number of alkyl carbamates (subject to hydrolysis) is 1. The van der Waals surface area contributed by atoms with Crippen molar-refractivity contribution in [2.75, 3.05) is 13.2 Å². The Bertz CT molecular complexity index is 1620. The van der Waals surface area contributed by atoms with Crippen molar-refractivity contribution in [2.24, 2.45) is 11.8 Å². The van der Waals surface area contributed by atoms with Gasteiger partial charge in [-0.1, -0.05) is 119 Å². The van der Waals surface area contributed by atoms with Crippen LogP contribution in [0, 0.1) is 11.8 Å². The summed E-state index contributed by atoms with van der Waals surface area (Å²) in [5.74, 6) is -4.83. The zero-order chi connectivity index (χ0) is 38.1. The number of carboxylic acids is 1. The standard InChI is InChI=1S/C40H52N4O8/c1-5-6-9-22-34(46)44-40(38(50)43-35(27(2)3)37(48)49,23-31-20-14-15-21-33(31)30-18-12-8-13-19-30)32(25-45)24-41-36(47)28(4)42-39(51)52-26-29-16-10-7-11-17-29/h7-8,10-21,27-28,32,35,45H,5-6,9,22-26H2,1-4H3,(H,41,47)(H,42,51)(H,43,50)(H,44,46)(H,48,49)/t28-,32?,35?,40+/m0/s1. The quantitative estimate of drug-likeness (QED) is 0.0918. The number of amides is 4. The minimum absolute atomic E-state index is 0.00134. The molecule has 0 heterocycles. The van der Waals surface area contributed by atoms with Gasteiger partial charge in [0, 0.05) is 25.3 Å². The molecule has 0 fully saturated rings. The van der Waals surface area contributed by atoms with Crippen LogP contribution in [-0.4, -0.2) is 70.8 Å². The smallest absolute Gasteiger partial charge is 0.408 e. The number of aliphatic carboxylic acids is 1. The number of aliphatic hydroxyl groups is 1. The number of rotatable bonds is 20. The molecule has 52 heavy (non-hydrogen) atoms.